The van der Waals surface area contributed by atoms with Gasteiger partial charge in [0, 0.05) is 26.7 Å². The predicted octanol–water partition coefficient (Wildman–Crippen LogP) is -1.06. The number of hydrogen-bond donors (Lipinski definition) is 3. The molecule has 1 aliphatic rings. The summed E-state index contributed by atoms with van der Waals surface area (Å²) in [7, 11) is 1.56. The highest BCUT2D eigenvalue weighted by atomic mass is 16.5. The standard InChI is InChI=1S/C16H26N6O4/c1-11(23)10-22-12-13(20(2)16(25)19-14(12)24)18-15(22)17-4-3-5-21-6-8-26-9-7-21/h11,23H,3-10H2,1-2H3,(H,17,18)(H,19,24,25)/t11-/m0/s1. The lowest BCUT2D eigenvalue weighted by Gasteiger charge is -2.26. The van der Waals surface area contributed by atoms with Crippen molar-refractivity contribution in [2.75, 3.05) is 44.7 Å². The number of aliphatic hydroxyl groups excluding tert-OH is 1. The van der Waals surface area contributed by atoms with E-state index in [1.54, 1.807) is 18.5 Å². The van der Waals surface area contributed by atoms with Gasteiger partial charge in [-0.2, -0.15) is 4.98 Å². The van der Waals surface area contributed by atoms with Crippen molar-refractivity contribution in [1.29, 1.82) is 0 Å². The first kappa shape index (κ1) is 18.6. The van der Waals surface area contributed by atoms with Crippen LogP contribution in [0.3, 0.4) is 0 Å². The number of rotatable bonds is 7. The molecule has 0 aliphatic carbocycles. The Balaban J connectivity index is 1.78. The molecule has 0 radical (unpaired) electrons. The molecule has 10 heteroatoms. The molecule has 1 aliphatic heterocycles. The van der Waals surface area contributed by atoms with Gasteiger partial charge in [0.1, 0.15) is 0 Å². The lowest BCUT2D eigenvalue weighted by Crippen LogP contribution is -2.37. The molecule has 0 bridgehead atoms. The average Bonchev–Trinajstić information content (AvgIpc) is 2.96. The summed E-state index contributed by atoms with van der Waals surface area (Å²) in [6.45, 7) is 6.91. The van der Waals surface area contributed by atoms with Crippen LogP contribution in [0, 0.1) is 0 Å². The zero-order chi connectivity index (χ0) is 18.7. The second-order valence-corrected chi connectivity index (χ2v) is 6.62. The summed E-state index contributed by atoms with van der Waals surface area (Å²) in [6, 6.07) is 0. The number of hydrogen-bond acceptors (Lipinski definition) is 7. The molecule has 1 fully saturated rings. The zero-order valence-electron chi connectivity index (χ0n) is 15.2. The highest BCUT2D eigenvalue weighted by molar-refractivity contribution is 5.74. The largest absolute Gasteiger partial charge is 0.392 e. The van der Waals surface area contributed by atoms with Crippen molar-refractivity contribution in [3.8, 4) is 0 Å². The van der Waals surface area contributed by atoms with Crippen molar-refractivity contribution in [3.05, 3.63) is 20.8 Å². The van der Waals surface area contributed by atoms with Gasteiger partial charge >= 0.3 is 5.69 Å². The van der Waals surface area contributed by atoms with Crippen LogP contribution in [0.25, 0.3) is 11.2 Å². The van der Waals surface area contributed by atoms with Crippen LogP contribution in [0.1, 0.15) is 13.3 Å². The van der Waals surface area contributed by atoms with Gasteiger partial charge in [0.25, 0.3) is 5.56 Å². The fraction of sp³-hybridized carbons (Fsp3) is 0.688. The number of nitrogens with one attached hydrogen (secondary N) is 2. The van der Waals surface area contributed by atoms with E-state index in [2.05, 4.69) is 20.2 Å². The smallest absolute Gasteiger partial charge is 0.329 e. The normalized spacial score (nSPS) is 16.9. The van der Waals surface area contributed by atoms with Gasteiger partial charge in [-0.15, -0.1) is 0 Å². The molecule has 2 aromatic rings. The maximum atomic E-state index is 12.2. The van der Waals surface area contributed by atoms with Crippen molar-refractivity contribution in [3.63, 3.8) is 0 Å². The number of aromatic amines is 1. The molecule has 2 aromatic heterocycles. The minimum Gasteiger partial charge on any atom is -0.392 e. The van der Waals surface area contributed by atoms with Crippen molar-refractivity contribution in [2.24, 2.45) is 7.05 Å². The molecule has 3 rings (SSSR count). The topological polar surface area (TPSA) is 117 Å². The first-order valence-electron chi connectivity index (χ1n) is 8.89. The Labute approximate surface area is 150 Å². The van der Waals surface area contributed by atoms with Gasteiger partial charge in [0.2, 0.25) is 5.95 Å². The van der Waals surface area contributed by atoms with Gasteiger partial charge in [-0.3, -0.25) is 19.2 Å². The summed E-state index contributed by atoms with van der Waals surface area (Å²) in [4.78, 5) is 33.1. The number of nitrogens with zero attached hydrogens (tertiary/aromatic N) is 4. The molecule has 0 unspecified atom stereocenters. The highest BCUT2D eigenvalue weighted by Gasteiger charge is 2.18. The number of morpholine rings is 1. The Morgan fingerprint density at radius 3 is 2.77 bits per heavy atom. The maximum absolute atomic E-state index is 12.2. The number of aryl methyl sites for hydroxylation is 1. The van der Waals surface area contributed by atoms with Crippen molar-refractivity contribution in [2.45, 2.75) is 26.0 Å². The second kappa shape index (κ2) is 8.02. The minimum absolute atomic E-state index is 0.212. The summed E-state index contributed by atoms with van der Waals surface area (Å²) in [5.74, 6) is 0.481. The number of anilines is 1. The molecule has 1 atom stereocenters. The van der Waals surface area contributed by atoms with E-state index in [-0.39, 0.29) is 12.1 Å². The highest BCUT2D eigenvalue weighted by Crippen LogP contribution is 2.16. The summed E-state index contributed by atoms with van der Waals surface area (Å²) >= 11 is 0. The molecule has 26 heavy (non-hydrogen) atoms. The van der Waals surface area contributed by atoms with E-state index in [0.29, 0.717) is 18.1 Å². The molecule has 0 amide bonds. The number of aliphatic hydroxyl groups is 1. The van der Waals surface area contributed by atoms with Gasteiger partial charge in [0.05, 0.1) is 25.9 Å². The van der Waals surface area contributed by atoms with Crippen molar-refractivity contribution >= 4 is 17.1 Å². The lowest BCUT2D eigenvalue weighted by atomic mass is 10.3. The van der Waals surface area contributed by atoms with E-state index in [1.807, 2.05) is 0 Å². The van der Waals surface area contributed by atoms with Crippen molar-refractivity contribution < 1.29 is 9.84 Å². The molecule has 3 heterocycles. The number of aromatic nitrogens is 4. The molecular formula is C16H26N6O4. The Bertz CT molecular complexity index is 862. The maximum Gasteiger partial charge on any atom is 0.329 e. The van der Waals surface area contributed by atoms with Gasteiger partial charge < -0.3 is 19.7 Å². The van der Waals surface area contributed by atoms with E-state index in [4.69, 9.17) is 4.74 Å². The van der Waals surface area contributed by atoms with Crippen LogP contribution in [0.5, 0.6) is 0 Å². The van der Waals surface area contributed by atoms with Gasteiger partial charge in [0.15, 0.2) is 11.2 Å². The Morgan fingerprint density at radius 2 is 2.08 bits per heavy atom. The second-order valence-electron chi connectivity index (χ2n) is 6.62. The Morgan fingerprint density at radius 1 is 1.35 bits per heavy atom. The van der Waals surface area contributed by atoms with Gasteiger partial charge in [-0.1, -0.05) is 0 Å². The quantitative estimate of drug-likeness (QED) is 0.535. The van der Waals surface area contributed by atoms with Crippen LogP contribution in [0.4, 0.5) is 5.95 Å². The Kier molecular flexibility index (Phi) is 5.74. The molecule has 1 saturated heterocycles. The van der Waals surface area contributed by atoms with Crippen LogP contribution in [0.2, 0.25) is 0 Å². The third-order valence-corrected chi connectivity index (χ3v) is 4.49. The predicted molar refractivity (Wildman–Crippen MR) is 97.6 cm³/mol. The molecule has 0 aromatic carbocycles. The van der Waals surface area contributed by atoms with Crippen LogP contribution in [0.15, 0.2) is 9.59 Å². The molecular weight excluding hydrogens is 340 g/mol. The Hall–Kier alpha value is -2.17. The van der Waals surface area contributed by atoms with Crippen LogP contribution < -0.4 is 16.6 Å². The first-order chi connectivity index (χ1) is 12.5. The first-order valence-corrected chi connectivity index (χ1v) is 8.89. The third kappa shape index (κ3) is 3.97. The van der Waals surface area contributed by atoms with E-state index >= 15 is 0 Å². The minimum atomic E-state index is -0.655. The number of imidazole rings is 1. The van der Waals surface area contributed by atoms with Crippen LogP contribution >= 0.6 is 0 Å². The van der Waals surface area contributed by atoms with E-state index in [9.17, 15) is 14.7 Å². The fourth-order valence-electron chi connectivity index (χ4n) is 3.14. The van der Waals surface area contributed by atoms with E-state index < -0.39 is 17.4 Å². The lowest BCUT2D eigenvalue weighted by molar-refractivity contribution is 0.0378. The summed E-state index contributed by atoms with van der Waals surface area (Å²) in [6.07, 6.45) is 0.255. The zero-order valence-corrected chi connectivity index (χ0v) is 15.2. The van der Waals surface area contributed by atoms with Crippen LogP contribution in [-0.4, -0.2) is 74.6 Å². The average molecular weight is 366 g/mol. The van der Waals surface area contributed by atoms with Crippen LogP contribution in [-0.2, 0) is 18.3 Å². The van der Waals surface area contributed by atoms with Gasteiger partial charge in [-0.25, -0.2) is 4.79 Å². The molecule has 144 valence electrons. The van der Waals surface area contributed by atoms with Gasteiger partial charge in [-0.05, 0) is 19.9 Å². The molecule has 0 spiro atoms. The summed E-state index contributed by atoms with van der Waals surface area (Å²) < 4.78 is 8.27. The molecule has 3 N–H and O–H groups in total. The SMILES string of the molecule is C[C@H](O)Cn1c(NCCCN2CCOCC2)nc2c1c(=O)[nH]c(=O)n2C. The fourth-order valence-corrected chi connectivity index (χ4v) is 3.14. The summed E-state index contributed by atoms with van der Waals surface area (Å²) in [5.41, 5.74) is -0.431. The number of fused-ring (bicyclic) bond motifs is 1. The monoisotopic (exact) mass is 366 g/mol. The molecule has 10 nitrogen and oxygen atoms in total. The van der Waals surface area contributed by atoms with E-state index in [0.717, 1.165) is 39.3 Å². The van der Waals surface area contributed by atoms with E-state index in [1.165, 1.54) is 4.57 Å². The van der Waals surface area contributed by atoms with Crippen molar-refractivity contribution in [1.82, 2.24) is 24.0 Å². The number of ether oxygens (including phenoxy) is 1. The number of H-pyrrole nitrogens is 1. The summed E-state index contributed by atoms with van der Waals surface area (Å²) in [5, 5.41) is 13.0. The third-order valence-electron chi connectivity index (χ3n) is 4.49. The molecule has 0 saturated carbocycles.